The summed E-state index contributed by atoms with van der Waals surface area (Å²) < 4.78 is 39.2. The minimum atomic E-state index is -4.40. The molecule has 1 aromatic heterocycles. The molecule has 0 spiro atoms. The van der Waals surface area contributed by atoms with Gasteiger partial charge in [-0.25, -0.2) is 14.8 Å². The number of nitrogens with one attached hydrogen (secondary N) is 1. The van der Waals surface area contributed by atoms with Crippen molar-refractivity contribution in [2.45, 2.75) is 31.2 Å². The number of amides is 3. The molecule has 0 radical (unpaired) electrons. The molecule has 0 aliphatic carbocycles. The Balaban J connectivity index is 1.30. The lowest BCUT2D eigenvalue weighted by Gasteiger charge is -2.40. The van der Waals surface area contributed by atoms with Crippen molar-refractivity contribution in [1.82, 2.24) is 25.1 Å². The highest BCUT2D eigenvalue weighted by molar-refractivity contribution is 7.99. The van der Waals surface area contributed by atoms with Crippen molar-refractivity contribution in [2.24, 2.45) is 0 Å². The number of aromatic nitrogens is 2. The van der Waals surface area contributed by atoms with E-state index in [4.69, 9.17) is 11.6 Å². The molecule has 0 unspecified atom stereocenters. The highest BCUT2D eigenvalue weighted by Crippen LogP contribution is 2.32. The maximum atomic E-state index is 13.1. The van der Waals surface area contributed by atoms with Gasteiger partial charge in [-0.15, -0.1) is 0 Å². The fraction of sp³-hybridized carbons (Fsp3) is 0.520. The van der Waals surface area contributed by atoms with Crippen LogP contribution in [-0.4, -0.2) is 95.9 Å². The van der Waals surface area contributed by atoms with Crippen LogP contribution in [0.25, 0.3) is 0 Å². The Bertz CT molecular complexity index is 1180. The Kier molecular flexibility index (Phi) is 9.31. The first-order chi connectivity index (χ1) is 18.5. The van der Waals surface area contributed by atoms with Crippen molar-refractivity contribution < 1.29 is 22.8 Å². The summed E-state index contributed by atoms with van der Waals surface area (Å²) in [6, 6.07) is 6.81. The molecule has 3 amide bonds. The molecule has 2 saturated heterocycles. The number of piperazine rings is 2. The molecule has 4 rings (SSSR count). The fourth-order valence-corrected chi connectivity index (χ4v) is 5.63. The molecule has 1 N–H and O–H groups in total. The summed E-state index contributed by atoms with van der Waals surface area (Å²) >= 11 is 7.46. The van der Waals surface area contributed by atoms with Crippen LogP contribution < -0.4 is 15.1 Å². The van der Waals surface area contributed by atoms with E-state index in [0.29, 0.717) is 69.0 Å². The second kappa shape index (κ2) is 12.5. The van der Waals surface area contributed by atoms with Crippen LogP contribution in [0.3, 0.4) is 0 Å². The van der Waals surface area contributed by atoms with Gasteiger partial charge in [-0.1, -0.05) is 29.4 Å². The maximum Gasteiger partial charge on any atom is 0.416 e. The lowest BCUT2D eigenvalue weighted by Crippen LogP contribution is -2.56. The van der Waals surface area contributed by atoms with Gasteiger partial charge in [-0.05, 0) is 32.0 Å². The number of carbonyl (C=O) groups is 2. The third kappa shape index (κ3) is 7.38. The van der Waals surface area contributed by atoms with E-state index < -0.39 is 11.7 Å². The van der Waals surface area contributed by atoms with Gasteiger partial charge in [0.05, 0.1) is 11.3 Å². The zero-order valence-corrected chi connectivity index (χ0v) is 23.3. The minimum absolute atomic E-state index is 0.0219. The van der Waals surface area contributed by atoms with E-state index in [1.54, 1.807) is 21.9 Å². The first-order valence-corrected chi connectivity index (χ1v) is 14.1. The highest BCUT2D eigenvalue weighted by Gasteiger charge is 2.32. The molecule has 1 atom stereocenters. The molecule has 39 heavy (non-hydrogen) atoms. The number of benzene rings is 1. The largest absolute Gasteiger partial charge is 0.416 e. The van der Waals surface area contributed by atoms with E-state index >= 15 is 0 Å². The van der Waals surface area contributed by atoms with Crippen LogP contribution in [0.2, 0.25) is 5.15 Å². The van der Waals surface area contributed by atoms with Crippen molar-refractivity contribution in [1.29, 1.82) is 0 Å². The molecule has 2 aromatic rings. The lowest BCUT2D eigenvalue weighted by atomic mass is 10.1. The minimum Gasteiger partial charge on any atom is -0.368 e. The van der Waals surface area contributed by atoms with E-state index in [2.05, 4.69) is 15.3 Å². The number of rotatable bonds is 6. The summed E-state index contributed by atoms with van der Waals surface area (Å²) in [6.45, 7) is 7.84. The van der Waals surface area contributed by atoms with Crippen molar-refractivity contribution in [3.05, 3.63) is 41.0 Å². The van der Waals surface area contributed by atoms with Gasteiger partial charge >= 0.3 is 12.2 Å². The summed E-state index contributed by atoms with van der Waals surface area (Å²) in [4.78, 5) is 41.4. The molecule has 2 aliphatic heterocycles. The first kappa shape index (κ1) is 29.1. The summed E-state index contributed by atoms with van der Waals surface area (Å²) in [5.74, 6) is 0.657. The molecule has 0 saturated carbocycles. The molecular weight excluding hydrogens is 555 g/mol. The van der Waals surface area contributed by atoms with Gasteiger partial charge in [-0.3, -0.25) is 4.79 Å². The Labute approximate surface area is 234 Å². The monoisotopic (exact) mass is 585 g/mol. The molecule has 212 valence electrons. The predicted molar refractivity (Wildman–Crippen MR) is 145 cm³/mol. The lowest BCUT2D eigenvalue weighted by molar-refractivity contribution is -0.137. The van der Waals surface area contributed by atoms with Crippen LogP contribution in [0, 0.1) is 0 Å². The average Bonchev–Trinajstić information content (AvgIpc) is 2.91. The number of halogens is 4. The fourth-order valence-electron chi connectivity index (χ4n) is 4.64. The number of anilines is 2. The van der Waals surface area contributed by atoms with E-state index in [1.165, 1.54) is 17.8 Å². The second-order valence-electron chi connectivity index (χ2n) is 9.36. The van der Waals surface area contributed by atoms with E-state index in [-0.39, 0.29) is 28.9 Å². The molecule has 1 aromatic carbocycles. The number of urea groups is 1. The smallest absolute Gasteiger partial charge is 0.368 e. The van der Waals surface area contributed by atoms with Gasteiger partial charge in [-0.2, -0.15) is 13.2 Å². The van der Waals surface area contributed by atoms with E-state index in [0.717, 1.165) is 12.1 Å². The Hall–Kier alpha value is -2.93. The third-order valence-electron chi connectivity index (χ3n) is 6.70. The van der Waals surface area contributed by atoms with Crippen LogP contribution in [0.5, 0.6) is 0 Å². The predicted octanol–water partition coefficient (Wildman–Crippen LogP) is 3.83. The SMILES string of the molecule is CCNC(=O)N1CCN(c2cc(Cl)nc(SCC(=O)N3CCN(c4cccc(C(F)(F)F)c4)CC3)n2)C[C@H]1C. The topological polar surface area (TPSA) is 84.9 Å². The van der Waals surface area contributed by atoms with Crippen molar-refractivity contribution in [2.75, 3.05) is 67.9 Å². The molecule has 14 heteroatoms. The van der Waals surface area contributed by atoms with Gasteiger partial charge in [0.25, 0.3) is 0 Å². The quantitative estimate of drug-likeness (QED) is 0.313. The van der Waals surface area contributed by atoms with Crippen molar-refractivity contribution >= 4 is 46.8 Å². The molecular formula is C25H31ClF3N7O2S. The van der Waals surface area contributed by atoms with Gasteiger partial charge in [0.2, 0.25) is 5.91 Å². The molecule has 3 heterocycles. The Morgan fingerprint density at radius 3 is 2.46 bits per heavy atom. The average molecular weight is 586 g/mol. The highest BCUT2D eigenvalue weighted by atomic mass is 35.5. The number of carbonyl (C=O) groups excluding carboxylic acids is 2. The normalized spacial score (nSPS) is 18.4. The van der Waals surface area contributed by atoms with E-state index in [9.17, 15) is 22.8 Å². The Morgan fingerprint density at radius 1 is 1.08 bits per heavy atom. The summed E-state index contributed by atoms with van der Waals surface area (Å²) in [5.41, 5.74) is -0.193. The third-order valence-corrected chi connectivity index (χ3v) is 7.72. The van der Waals surface area contributed by atoms with Gasteiger partial charge < -0.3 is 24.9 Å². The summed E-state index contributed by atoms with van der Waals surface area (Å²) in [6.07, 6.45) is -4.40. The van der Waals surface area contributed by atoms with Crippen molar-refractivity contribution in [3.8, 4) is 0 Å². The number of hydrogen-bond donors (Lipinski definition) is 1. The number of hydrogen-bond acceptors (Lipinski definition) is 7. The van der Waals surface area contributed by atoms with Crippen molar-refractivity contribution in [3.63, 3.8) is 0 Å². The van der Waals surface area contributed by atoms with E-state index in [1.807, 2.05) is 23.6 Å². The summed E-state index contributed by atoms with van der Waals surface area (Å²) in [7, 11) is 0. The second-order valence-corrected chi connectivity index (χ2v) is 10.7. The van der Waals surface area contributed by atoms with Crippen LogP contribution in [0.4, 0.5) is 29.5 Å². The van der Waals surface area contributed by atoms with Crippen LogP contribution >= 0.6 is 23.4 Å². The van der Waals surface area contributed by atoms with Gasteiger partial charge in [0.1, 0.15) is 11.0 Å². The summed E-state index contributed by atoms with van der Waals surface area (Å²) in [5, 5.41) is 3.48. The van der Waals surface area contributed by atoms with Crippen LogP contribution in [0.1, 0.15) is 19.4 Å². The number of nitrogens with zero attached hydrogens (tertiary/aromatic N) is 6. The number of alkyl halides is 3. The zero-order chi connectivity index (χ0) is 28.2. The first-order valence-electron chi connectivity index (χ1n) is 12.7. The van der Waals surface area contributed by atoms with Gasteiger partial charge in [0, 0.05) is 70.2 Å². The van der Waals surface area contributed by atoms with Crippen LogP contribution in [0.15, 0.2) is 35.5 Å². The standard InChI is InChI=1S/C25H31ClF3N7O2S/c1-3-30-24(38)36-12-11-35(15-17(36)2)21-14-20(26)31-23(32-21)39-16-22(37)34-9-7-33(8-10-34)19-6-4-5-18(13-19)25(27,28)29/h4-6,13-14,17H,3,7-12,15-16H2,1-2H3,(H,30,38)/t17-/m1/s1. The molecule has 9 nitrogen and oxygen atoms in total. The zero-order valence-electron chi connectivity index (χ0n) is 21.7. The van der Waals surface area contributed by atoms with Crippen LogP contribution in [-0.2, 0) is 11.0 Å². The number of thioether (sulfide) groups is 1. The Morgan fingerprint density at radius 2 is 1.79 bits per heavy atom. The molecule has 0 bridgehead atoms. The molecule has 2 fully saturated rings. The van der Waals surface area contributed by atoms with Gasteiger partial charge in [0.15, 0.2) is 5.16 Å². The molecule has 2 aliphatic rings. The maximum absolute atomic E-state index is 13.1.